The van der Waals surface area contributed by atoms with Gasteiger partial charge in [-0.15, -0.1) is 0 Å². The van der Waals surface area contributed by atoms with E-state index in [9.17, 15) is 0 Å². The summed E-state index contributed by atoms with van der Waals surface area (Å²) in [5.74, 6) is 3.15. The first-order valence-corrected chi connectivity index (χ1v) is 9.92. The van der Waals surface area contributed by atoms with Crippen molar-refractivity contribution in [3.05, 3.63) is 71.2 Å². The topological polar surface area (TPSA) is 71.7 Å². The van der Waals surface area contributed by atoms with E-state index in [1.165, 1.54) is 16.7 Å². The Kier molecular flexibility index (Phi) is 5.79. The zero-order valence-electron chi connectivity index (χ0n) is 16.9. The van der Waals surface area contributed by atoms with Crippen molar-refractivity contribution in [2.75, 3.05) is 20.2 Å². The molecule has 2 heterocycles. The molecule has 2 aromatic carbocycles. The highest BCUT2D eigenvalue weighted by molar-refractivity contribution is 5.79. The van der Waals surface area contributed by atoms with Crippen LogP contribution < -0.4 is 15.4 Å². The Hall–Kier alpha value is -3.28. The molecule has 6 heteroatoms. The Balaban J connectivity index is 1.26. The minimum absolute atomic E-state index is 0.474. The molecule has 0 unspecified atom stereocenters. The third-order valence-electron chi connectivity index (χ3n) is 4.98. The zero-order valence-corrected chi connectivity index (χ0v) is 16.9. The van der Waals surface area contributed by atoms with Gasteiger partial charge in [-0.2, -0.15) is 0 Å². The number of aromatic nitrogens is 1. The maximum Gasteiger partial charge on any atom is 0.214 e. The molecule has 0 aliphatic carbocycles. The van der Waals surface area contributed by atoms with Crippen LogP contribution >= 0.6 is 0 Å². The Morgan fingerprint density at radius 3 is 2.83 bits per heavy atom. The van der Waals surface area contributed by atoms with Crippen LogP contribution in [-0.2, 0) is 19.4 Å². The van der Waals surface area contributed by atoms with Crippen LogP contribution in [0.5, 0.6) is 5.75 Å². The van der Waals surface area contributed by atoms with Gasteiger partial charge >= 0.3 is 0 Å². The third kappa shape index (κ3) is 4.77. The lowest BCUT2D eigenvalue weighted by Crippen LogP contribution is -2.37. The average molecular weight is 390 g/mol. The van der Waals surface area contributed by atoms with E-state index in [1.807, 2.05) is 12.1 Å². The van der Waals surface area contributed by atoms with E-state index >= 15 is 0 Å². The van der Waals surface area contributed by atoms with Gasteiger partial charge in [0.15, 0.2) is 11.7 Å². The SMILES string of the molecule is CN=C(NCCc1ccc2c(c1)CCO2)NCc1ncc(-c2ccc(C)cc2)o1. The number of hydrogen-bond acceptors (Lipinski definition) is 4. The van der Waals surface area contributed by atoms with E-state index in [1.54, 1.807) is 13.2 Å². The van der Waals surface area contributed by atoms with Gasteiger partial charge in [-0.25, -0.2) is 4.98 Å². The fourth-order valence-corrected chi connectivity index (χ4v) is 3.34. The van der Waals surface area contributed by atoms with Crippen LogP contribution in [0.2, 0.25) is 0 Å². The second-order valence-corrected chi connectivity index (χ2v) is 7.13. The molecule has 6 nitrogen and oxygen atoms in total. The van der Waals surface area contributed by atoms with Crippen LogP contribution in [-0.4, -0.2) is 31.1 Å². The summed E-state index contributed by atoms with van der Waals surface area (Å²) in [7, 11) is 1.76. The van der Waals surface area contributed by atoms with Crippen molar-refractivity contribution in [2.24, 2.45) is 4.99 Å². The molecule has 2 N–H and O–H groups in total. The van der Waals surface area contributed by atoms with Crippen molar-refractivity contribution >= 4 is 5.96 Å². The highest BCUT2D eigenvalue weighted by atomic mass is 16.5. The predicted octanol–water partition coefficient (Wildman–Crippen LogP) is 3.49. The van der Waals surface area contributed by atoms with E-state index in [2.05, 4.69) is 57.9 Å². The summed E-state index contributed by atoms with van der Waals surface area (Å²) in [5.41, 5.74) is 4.85. The fraction of sp³-hybridized carbons (Fsp3) is 0.304. The van der Waals surface area contributed by atoms with Crippen molar-refractivity contribution in [1.82, 2.24) is 15.6 Å². The summed E-state index contributed by atoms with van der Waals surface area (Å²) in [6.07, 6.45) is 3.68. The van der Waals surface area contributed by atoms with Crippen LogP contribution in [0.3, 0.4) is 0 Å². The lowest BCUT2D eigenvalue weighted by molar-refractivity contribution is 0.357. The summed E-state index contributed by atoms with van der Waals surface area (Å²) in [5, 5.41) is 6.59. The monoisotopic (exact) mass is 390 g/mol. The third-order valence-corrected chi connectivity index (χ3v) is 4.98. The molecule has 3 aromatic rings. The number of aliphatic imine (C=N–C) groups is 1. The highest BCUT2D eigenvalue weighted by Crippen LogP contribution is 2.26. The van der Waals surface area contributed by atoms with Gasteiger partial charge in [0.2, 0.25) is 5.89 Å². The number of oxazole rings is 1. The van der Waals surface area contributed by atoms with Gasteiger partial charge in [0.1, 0.15) is 5.75 Å². The number of benzene rings is 2. The first kappa shape index (κ1) is 19.1. The molecule has 1 aliphatic heterocycles. The molecule has 0 spiro atoms. The second-order valence-electron chi connectivity index (χ2n) is 7.13. The minimum Gasteiger partial charge on any atom is -0.493 e. The molecule has 0 atom stereocenters. The van der Waals surface area contributed by atoms with Crippen molar-refractivity contribution in [3.63, 3.8) is 0 Å². The molecule has 1 aliphatic rings. The Labute approximate surface area is 171 Å². The Bertz CT molecular complexity index is 992. The molecule has 0 saturated heterocycles. The summed E-state index contributed by atoms with van der Waals surface area (Å²) >= 11 is 0. The average Bonchev–Trinajstić information content (AvgIpc) is 3.40. The number of nitrogens with zero attached hydrogens (tertiary/aromatic N) is 2. The standard InChI is InChI=1S/C23H26N4O2/c1-16-3-6-18(7-4-16)21-14-26-22(29-21)15-27-23(24-2)25-11-9-17-5-8-20-19(13-17)10-12-28-20/h3-8,13-14H,9-12,15H2,1-2H3,(H2,24,25,27). The molecular formula is C23H26N4O2. The van der Waals surface area contributed by atoms with Crippen LogP contribution in [0.25, 0.3) is 11.3 Å². The van der Waals surface area contributed by atoms with Gasteiger partial charge < -0.3 is 19.8 Å². The van der Waals surface area contributed by atoms with Gasteiger partial charge in [0, 0.05) is 25.6 Å². The van der Waals surface area contributed by atoms with Crippen molar-refractivity contribution in [2.45, 2.75) is 26.3 Å². The predicted molar refractivity (Wildman–Crippen MR) is 114 cm³/mol. The molecule has 29 heavy (non-hydrogen) atoms. The number of nitrogens with one attached hydrogen (secondary N) is 2. The Morgan fingerprint density at radius 1 is 1.14 bits per heavy atom. The van der Waals surface area contributed by atoms with Gasteiger partial charge in [0.25, 0.3) is 0 Å². The molecule has 150 valence electrons. The summed E-state index contributed by atoms with van der Waals surface area (Å²) in [6, 6.07) is 14.6. The van der Waals surface area contributed by atoms with E-state index in [-0.39, 0.29) is 0 Å². The maximum absolute atomic E-state index is 5.85. The van der Waals surface area contributed by atoms with Crippen LogP contribution in [0, 0.1) is 6.92 Å². The van der Waals surface area contributed by atoms with E-state index < -0.39 is 0 Å². The molecule has 1 aromatic heterocycles. The fourth-order valence-electron chi connectivity index (χ4n) is 3.34. The molecular weight excluding hydrogens is 364 g/mol. The number of fused-ring (bicyclic) bond motifs is 1. The van der Waals surface area contributed by atoms with Crippen LogP contribution in [0.1, 0.15) is 22.6 Å². The van der Waals surface area contributed by atoms with Gasteiger partial charge in [-0.1, -0.05) is 42.0 Å². The molecule has 0 radical (unpaired) electrons. The van der Waals surface area contributed by atoms with E-state index in [4.69, 9.17) is 9.15 Å². The van der Waals surface area contributed by atoms with Gasteiger partial charge in [-0.3, -0.25) is 4.99 Å². The van der Waals surface area contributed by atoms with E-state index in [0.29, 0.717) is 12.4 Å². The number of ether oxygens (including phenoxy) is 1. The van der Waals surface area contributed by atoms with E-state index in [0.717, 1.165) is 49.0 Å². The molecule has 0 bridgehead atoms. The summed E-state index contributed by atoms with van der Waals surface area (Å²) < 4.78 is 11.4. The summed E-state index contributed by atoms with van der Waals surface area (Å²) in [6.45, 7) is 4.12. The largest absolute Gasteiger partial charge is 0.493 e. The molecule has 0 amide bonds. The number of hydrogen-bond donors (Lipinski definition) is 2. The lowest BCUT2D eigenvalue weighted by Gasteiger charge is -2.11. The normalized spacial score (nSPS) is 13.1. The van der Waals surface area contributed by atoms with Crippen molar-refractivity contribution < 1.29 is 9.15 Å². The minimum atomic E-state index is 0.474. The second kappa shape index (κ2) is 8.82. The molecule has 4 rings (SSSR count). The Morgan fingerprint density at radius 2 is 2.00 bits per heavy atom. The highest BCUT2D eigenvalue weighted by Gasteiger charge is 2.12. The number of aryl methyl sites for hydroxylation is 1. The maximum atomic E-state index is 5.85. The van der Waals surface area contributed by atoms with Gasteiger partial charge in [0.05, 0.1) is 19.3 Å². The zero-order chi connectivity index (χ0) is 20.1. The number of rotatable bonds is 6. The first-order valence-electron chi connectivity index (χ1n) is 9.92. The first-order chi connectivity index (χ1) is 14.2. The summed E-state index contributed by atoms with van der Waals surface area (Å²) in [4.78, 5) is 8.63. The van der Waals surface area contributed by atoms with Crippen LogP contribution in [0.4, 0.5) is 0 Å². The number of guanidine groups is 1. The molecule has 0 saturated carbocycles. The quantitative estimate of drug-likeness (QED) is 0.498. The van der Waals surface area contributed by atoms with Crippen molar-refractivity contribution in [3.8, 4) is 17.1 Å². The van der Waals surface area contributed by atoms with Crippen molar-refractivity contribution in [1.29, 1.82) is 0 Å². The molecule has 0 fully saturated rings. The van der Waals surface area contributed by atoms with Gasteiger partial charge in [-0.05, 0) is 30.5 Å². The lowest BCUT2D eigenvalue weighted by atomic mass is 10.1. The van der Waals surface area contributed by atoms with Crippen LogP contribution in [0.15, 0.2) is 58.1 Å². The smallest absolute Gasteiger partial charge is 0.214 e.